The van der Waals surface area contributed by atoms with E-state index in [1.807, 2.05) is 36.6 Å². The molecule has 3 aromatic heterocycles. The van der Waals surface area contributed by atoms with Crippen molar-refractivity contribution in [1.82, 2.24) is 25.1 Å². The molecule has 3 heterocycles. The van der Waals surface area contributed by atoms with E-state index in [2.05, 4.69) is 32.0 Å². The molecule has 1 N–H and O–H groups in total. The fraction of sp³-hybridized carbons (Fsp3) is 0.333. The van der Waals surface area contributed by atoms with E-state index in [0.29, 0.717) is 5.75 Å². The summed E-state index contributed by atoms with van der Waals surface area (Å²) >= 11 is 3.06. The highest BCUT2D eigenvalue weighted by Crippen LogP contribution is 2.24. The van der Waals surface area contributed by atoms with E-state index in [1.165, 1.54) is 11.8 Å². The molecule has 1 amide bonds. The number of hydrogen-bond acceptors (Lipinski definition) is 6. The summed E-state index contributed by atoms with van der Waals surface area (Å²) in [5, 5.41) is 14.4. The summed E-state index contributed by atoms with van der Waals surface area (Å²) in [4.78, 5) is 17.5. The Morgan fingerprint density at radius 1 is 1.31 bits per heavy atom. The molecule has 8 heteroatoms. The Bertz CT molecular complexity index is 833. The van der Waals surface area contributed by atoms with Crippen molar-refractivity contribution in [3.8, 4) is 11.4 Å². The molecule has 3 aromatic rings. The quantitative estimate of drug-likeness (QED) is 0.596. The standard InChI is InChI=1S/C18H21N5OS2/c1-3-10-23-17(14-6-8-19-9-7-14)21-22-18(23)26-12-16(24)20-13(2)15-5-4-11-25-15/h4-9,11,13H,3,10,12H2,1-2H3,(H,20,24). The average Bonchev–Trinajstić information content (AvgIpc) is 3.31. The number of amides is 1. The van der Waals surface area contributed by atoms with E-state index < -0.39 is 0 Å². The SMILES string of the molecule is CCCn1c(SCC(=O)NC(C)c2cccs2)nnc1-c1ccncc1. The van der Waals surface area contributed by atoms with Gasteiger partial charge in [0.1, 0.15) is 0 Å². The smallest absolute Gasteiger partial charge is 0.230 e. The molecule has 6 nitrogen and oxygen atoms in total. The summed E-state index contributed by atoms with van der Waals surface area (Å²) in [5.41, 5.74) is 0.976. The van der Waals surface area contributed by atoms with Crippen LogP contribution in [0, 0.1) is 0 Å². The first-order valence-electron chi connectivity index (χ1n) is 8.48. The third-order valence-electron chi connectivity index (χ3n) is 3.78. The number of aromatic nitrogens is 4. The van der Waals surface area contributed by atoms with Crippen LogP contribution in [0.25, 0.3) is 11.4 Å². The Morgan fingerprint density at radius 2 is 2.12 bits per heavy atom. The van der Waals surface area contributed by atoms with Gasteiger partial charge in [0.2, 0.25) is 5.91 Å². The summed E-state index contributed by atoms with van der Waals surface area (Å²) < 4.78 is 2.07. The van der Waals surface area contributed by atoms with Crippen molar-refractivity contribution in [2.75, 3.05) is 5.75 Å². The molecule has 0 bridgehead atoms. The van der Waals surface area contributed by atoms with Crippen molar-refractivity contribution in [2.24, 2.45) is 0 Å². The Kier molecular flexibility index (Phi) is 6.40. The van der Waals surface area contributed by atoms with Gasteiger partial charge in [0.25, 0.3) is 0 Å². The maximum absolute atomic E-state index is 12.3. The van der Waals surface area contributed by atoms with Crippen molar-refractivity contribution in [2.45, 2.75) is 38.0 Å². The minimum atomic E-state index is -0.00703. The molecule has 0 aliphatic rings. The van der Waals surface area contributed by atoms with Crippen LogP contribution < -0.4 is 5.32 Å². The Morgan fingerprint density at radius 3 is 2.81 bits per heavy atom. The lowest BCUT2D eigenvalue weighted by Gasteiger charge is -2.12. The Labute approximate surface area is 161 Å². The highest BCUT2D eigenvalue weighted by molar-refractivity contribution is 7.99. The highest BCUT2D eigenvalue weighted by Gasteiger charge is 2.16. The first-order chi connectivity index (χ1) is 12.7. The van der Waals surface area contributed by atoms with Gasteiger partial charge in [-0.05, 0) is 36.9 Å². The van der Waals surface area contributed by atoms with E-state index in [0.717, 1.165) is 34.4 Å². The summed E-state index contributed by atoms with van der Waals surface area (Å²) in [6.07, 6.45) is 4.45. The van der Waals surface area contributed by atoms with Crippen LogP contribution in [0.5, 0.6) is 0 Å². The fourth-order valence-corrected chi connectivity index (χ4v) is 4.07. The van der Waals surface area contributed by atoms with Crippen LogP contribution in [0.1, 0.15) is 31.2 Å². The normalized spacial score (nSPS) is 12.1. The molecular formula is C18H21N5OS2. The summed E-state index contributed by atoms with van der Waals surface area (Å²) in [5.74, 6) is 1.12. The predicted octanol–water partition coefficient (Wildman–Crippen LogP) is 3.78. The molecule has 0 saturated heterocycles. The van der Waals surface area contributed by atoms with Gasteiger partial charge in [0.15, 0.2) is 11.0 Å². The van der Waals surface area contributed by atoms with E-state index in [-0.39, 0.29) is 11.9 Å². The van der Waals surface area contributed by atoms with Gasteiger partial charge in [0.05, 0.1) is 11.8 Å². The van der Waals surface area contributed by atoms with Crippen LogP contribution in [-0.4, -0.2) is 31.4 Å². The number of nitrogens with zero attached hydrogens (tertiary/aromatic N) is 4. The number of nitrogens with one attached hydrogen (secondary N) is 1. The molecule has 0 fully saturated rings. The predicted molar refractivity (Wildman–Crippen MR) is 105 cm³/mol. The van der Waals surface area contributed by atoms with Crippen LogP contribution in [0.3, 0.4) is 0 Å². The maximum Gasteiger partial charge on any atom is 0.230 e. The Balaban J connectivity index is 1.66. The van der Waals surface area contributed by atoms with Crippen LogP contribution in [0.4, 0.5) is 0 Å². The third kappa shape index (κ3) is 4.50. The largest absolute Gasteiger partial charge is 0.348 e. The molecule has 0 saturated carbocycles. The van der Waals surface area contributed by atoms with Gasteiger partial charge in [-0.2, -0.15) is 0 Å². The number of pyridine rings is 1. The summed E-state index contributed by atoms with van der Waals surface area (Å²) in [7, 11) is 0. The fourth-order valence-electron chi connectivity index (χ4n) is 2.56. The molecule has 1 atom stereocenters. The molecule has 0 aromatic carbocycles. The molecule has 1 unspecified atom stereocenters. The van der Waals surface area contributed by atoms with Crippen molar-refractivity contribution in [3.05, 3.63) is 46.9 Å². The first kappa shape index (κ1) is 18.6. The second-order valence-corrected chi connectivity index (χ2v) is 7.71. The van der Waals surface area contributed by atoms with E-state index in [4.69, 9.17) is 0 Å². The summed E-state index contributed by atoms with van der Waals surface area (Å²) in [6.45, 7) is 4.91. The first-order valence-corrected chi connectivity index (χ1v) is 10.3. The second-order valence-electron chi connectivity index (χ2n) is 5.79. The Hall–Kier alpha value is -2.19. The van der Waals surface area contributed by atoms with Crippen molar-refractivity contribution in [1.29, 1.82) is 0 Å². The molecule has 136 valence electrons. The van der Waals surface area contributed by atoms with Crippen LogP contribution in [0.2, 0.25) is 0 Å². The highest BCUT2D eigenvalue weighted by atomic mass is 32.2. The number of thioether (sulfide) groups is 1. The minimum Gasteiger partial charge on any atom is -0.348 e. The van der Waals surface area contributed by atoms with Crippen LogP contribution >= 0.6 is 23.1 Å². The lowest BCUT2D eigenvalue weighted by Crippen LogP contribution is -2.27. The number of carbonyl (C=O) groups is 1. The zero-order chi connectivity index (χ0) is 18.4. The lowest BCUT2D eigenvalue weighted by atomic mass is 10.2. The van der Waals surface area contributed by atoms with Crippen LogP contribution in [0.15, 0.2) is 47.2 Å². The van der Waals surface area contributed by atoms with Gasteiger partial charge < -0.3 is 9.88 Å². The average molecular weight is 388 g/mol. The van der Waals surface area contributed by atoms with E-state index in [1.54, 1.807) is 23.7 Å². The topological polar surface area (TPSA) is 72.7 Å². The van der Waals surface area contributed by atoms with Gasteiger partial charge in [-0.3, -0.25) is 9.78 Å². The third-order valence-corrected chi connectivity index (χ3v) is 5.80. The van der Waals surface area contributed by atoms with Gasteiger partial charge in [-0.25, -0.2) is 0 Å². The number of rotatable bonds is 8. The minimum absolute atomic E-state index is 0.00703. The van der Waals surface area contributed by atoms with Crippen molar-refractivity contribution >= 4 is 29.0 Å². The van der Waals surface area contributed by atoms with Gasteiger partial charge in [-0.1, -0.05) is 24.8 Å². The van der Waals surface area contributed by atoms with Crippen LogP contribution in [-0.2, 0) is 11.3 Å². The number of carbonyl (C=O) groups excluding carboxylic acids is 1. The van der Waals surface area contributed by atoms with Gasteiger partial charge >= 0.3 is 0 Å². The zero-order valence-corrected chi connectivity index (χ0v) is 16.4. The van der Waals surface area contributed by atoms with Crippen molar-refractivity contribution < 1.29 is 4.79 Å². The molecule has 3 rings (SSSR count). The number of thiophene rings is 1. The molecule has 0 radical (unpaired) electrons. The van der Waals surface area contributed by atoms with E-state index in [9.17, 15) is 4.79 Å². The summed E-state index contributed by atoms with van der Waals surface area (Å²) in [6, 6.07) is 7.87. The van der Waals surface area contributed by atoms with Crippen molar-refractivity contribution in [3.63, 3.8) is 0 Å². The zero-order valence-electron chi connectivity index (χ0n) is 14.8. The lowest BCUT2D eigenvalue weighted by molar-refractivity contribution is -0.119. The van der Waals surface area contributed by atoms with E-state index >= 15 is 0 Å². The van der Waals surface area contributed by atoms with Gasteiger partial charge in [-0.15, -0.1) is 21.5 Å². The molecule has 0 aliphatic carbocycles. The molecular weight excluding hydrogens is 366 g/mol. The molecule has 0 aliphatic heterocycles. The second kappa shape index (κ2) is 8.95. The number of hydrogen-bond donors (Lipinski definition) is 1. The molecule has 26 heavy (non-hydrogen) atoms. The monoisotopic (exact) mass is 387 g/mol. The van der Waals surface area contributed by atoms with Gasteiger partial charge in [0, 0.05) is 29.4 Å². The molecule has 0 spiro atoms. The maximum atomic E-state index is 12.3.